The van der Waals surface area contributed by atoms with E-state index in [0.29, 0.717) is 0 Å². The quantitative estimate of drug-likeness (QED) is 0.615. The minimum Gasteiger partial charge on any atom is -0.383 e. The smallest absolute Gasteiger partial charge is 0.0597 e. The van der Waals surface area contributed by atoms with Gasteiger partial charge in [-0.1, -0.05) is 0 Å². The van der Waals surface area contributed by atoms with Crippen molar-refractivity contribution in [2.45, 2.75) is 13.5 Å². The van der Waals surface area contributed by atoms with Crippen LogP contribution < -0.4 is 10.6 Å². The van der Waals surface area contributed by atoms with Crippen molar-refractivity contribution < 1.29 is 4.74 Å². The Kier molecular flexibility index (Phi) is 6.07. The third-order valence-electron chi connectivity index (χ3n) is 2.37. The summed E-state index contributed by atoms with van der Waals surface area (Å²) in [4.78, 5) is 0. The fraction of sp³-hybridized carbons (Fsp3) is 0.727. The van der Waals surface area contributed by atoms with Gasteiger partial charge in [0.2, 0.25) is 0 Å². The minimum atomic E-state index is 0.765. The van der Waals surface area contributed by atoms with Gasteiger partial charge in [-0.25, -0.2) is 0 Å². The van der Waals surface area contributed by atoms with E-state index in [-0.39, 0.29) is 0 Å². The predicted molar refractivity (Wildman–Crippen MR) is 64.4 cm³/mol. The van der Waals surface area contributed by atoms with Crippen LogP contribution in [0.4, 0.5) is 0 Å². The van der Waals surface area contributed by atoms with Gasteiger partial charge in [0.25, 0.3) is 0 Å². The molecule has 0 aliphatic rings. The van der Waals surface area contributed by atoms with Crippen LogP contribution in [-0.2, 0) is 18.3 Å². The molecule has 0 atom stereocenters. The van der Waals surface area contributed by atoms with E-state index in [9.17, 15) is 0 Å². The SMILES string of the molecule is COCCNCCNCc1cc(C)nn1C. The topological polar surface area (TPSA) is 51.1 Å². The zero-order valence-corrected chi connectivity index (χ0v) is 10.4. The standard InChI is InChI=1S/C11H22N4O/c1-10-8-11(15(2)14-10)9-13-5-4-12-6-7-16-3/h8,12-13H,4-7,9H2,1-3H3. The Hall–Kier alpha value is -0.910. The van der Waals surface area contributed by atoms with Crippen LogP contribution in [0.25, 0.3) is 0 Å². The lowest BCUT2D eigenvalue weighted by Crippen LogP contribution is -2.29. The molecule has 0 saturated carbocycles. The van der Waals surface area contributed by atoms with E-state index in [1.165, 1.54) is 5.69 Å². The third-order valence-corrected chi connectivity index (χ3v) is 2.37. The number of ether oxygens (including phenoxy) is 1. The summed E-state index contributed by atoms with van der Waals surface area (Å²) in [5, 5.41) is 10.9. The molecule has 0 fully saturated rings. The largest absolute Gasteiger partial charge is 0.383 e. The Morgan fingerprint density at radius 1 is 1.31 bits per heavy atom. The maximum Gasteiger partial charge on any atom is 0.0597 e. The monoisotopic (exact) mass is 226 g/mol. The molecular weight excluding hydrogens is 204 g/mol. The summed E-state index contributed by atoms with van der Waals surface area (Å²) >= 11 is 0. The van der Waals surface area contributed by atoms with E-state index in [1.807, 2.05) is 18.7 Å². The molecule has 0 bridgehead atoms. The first-order chi connectivity index (χ1) is 7.74. The van der Waals surface area contributed by atoms with E-state index >= 15 is 0 Å². The molecule has 0 saturated heterocycles. The van der Waals surface area contributed by atoms with Gasteiger partial charge in [-0.3, -0.25) is 4.68 Å². The highest BCUT2D eigenvalue weighted by atomic mass is 16.5. The molecule has 1 aromatic rings. The number of methoxy groups -OCH3 is 1. The molecule has 0 aliphatic carbocycles. The van der Waals surface area contributed by atoms with Gasteiger partial charge < -0.3 is 15.4 Å². The van der Waals surface area contributed by atoms with Crippen molar-refractivity contribution in [3.8, 4) is 0 Å². The molecule has 1 aromatic heterocycles. The average Bonchev–Trinajstić information content (AvgIpc) is 2.56. The van der Waals surface area contributed by atoms with E-state index in [4.69, 9.17) is 4.74 Å². The lowest BCUT2D eigenvalue weighted by atomic mass is 10.3. The molecule has 1 heterocycles. The first-order valence-electron chi connectivity index (χ1n) is 5.64. The Labute approximate surface area is 97.2 Å². The first-order valence-corrected chi connectivity index (χ1v) is 5.64. The van der Waals surface area contributed by atoms with Crippen molar-refractivity contribution in [2.24, 2.45) is 7.05 Å². The van der Waals surface area contributed by atoms with Crippen LogP contribution in [0.5, 0.6) is 0 Å². The molecule has 5 heteroatoms. The second-order valence-corrected chi connectivity index (χ2v) is 3.82. The van der Waals surface area contributed by atoms with Gasteiger partial charge in [-0.15, -0.1) is 0 Å². The van der Waals surface area contributed by atoms with Gasteiger partial charge in [0.15, 0.2) is 0 Å². The Morgan fingerprint density at radius 2 is 2.06 bits per heavy atom. The van der Waals surface area contributed by atoms with Gasteiger partial charge in [0, 0.05) is 40.3 Å². The molecule has 1 rings (SSSR count). The van der Waals surface area contributed by atoms with Crippen molar-refractivity contribution in [1.29, 1.82) is 0 Å². The van der Waals surface area contributed by atoms with Gasteiger partial charge in [0.05, 0.1) is 18.0 Å². The number of hydrogen-bond donors (Lipinski definition) is 2. The second kappa shape index (κ2) is 7.38. The number of nitrogens with zero attached hydrogens (tertiary/aromatic N) is 2. The van der Waals surface area contributed by atoms with Gasteiger partial charge >= 0.3 is 0 Å². The maximum atomic E-state index is 4.94. The van der Waals surface area contributed by atoms with Crippen LogP contribution in [0.1, 0.15) is 11.4 Å². The van der Waals surface area contributed by atoms with E-state index in [1.54, 1.807) is 7.11 Å². The number of nitrogens with one attached hydrogen (secondary N) is 2. The summed E-state index contributed by atoms with van der Waals surface area (Å²) in [6.07, 6.45) is 0. The molecule has 0 unspecified atom stereocenters. The highest BCUT2D eigenvalue weighted by molar-refractivity contribution is 5.08. The molecule has 5 nitrogen and oxygen atoms in total. The summed E-state index contributed by atoms with van der Waals surface area (Å²) in [6, 6.07) is 2.10. The third kappa shape index (κ3) is 4.74. The summed E-state index contributed by atoms with van der Waals surface area (Å²) in [5.41, 5.74) is 2.28. The molecule has 0 amide bonds. The molecule has 2 N–H and O–H groups in total. The lowest BCUT2D eigenvalue weighted by Gasteiger charge is -2.06. The highest BCUT2D eigenvalue weighted by Crippen LogP contribution is 2.00. The zero-order valence-electron chi connectivity index (χ0n) is 10.4. The number of hydrogen-bond acceptors (Lipinski definition) is 4. The number of aromatic nitrogens is 2. The maximum absolute atomic E-state index is 4.94. The number of rotatable bonds is 8. The fourth-order valence-electron chi connectivity index (χ4n) is 1.52. The van der Waals surface area contributed by atoms with Crippen LogP contribution in [0.2, 0.25) is 0 Å². The first kappa shape index (κ1) is 13.2. The van der Waals surface area contributed by atoms with Crippen LogP contribution in [0.3, 0.4) is 0 Å². The number of aryl methyl sites for hydroxylation is 2. The Morgan fingerprint density at radius 3 is 2.69 bits per heavy atom. The Balaban J connectivity index is 2.05. The molecule has 0 spiro atoms. The summed E-state index contributed by atoms with van der Waals surface area (Å²) in [5.74, 6) is 0. The highest BCUT2D eigenvalue weighted by Gasteiger charge is 2.00. The molecule has 16 heavy (non-hydrogen) atoms. The minimum absolute atomic E-state index is 0.765. The van der Waals surface area contributed by atoms with Gasteiger partial charge in [-0.2, -0.15) is 5.10 Å². The van der Waals surface area contributed by atoms with Crippen molar-refractivity contribution in [2.75, 3.05) is 33.4 Å². The van der Waals surface area contributed by atoms with Gasteiger partial charge in [0.1, 0.15) is 0 Å². The average molecular weight is 226 g/mol. The molecule has 0 aromatic carbocycles. The summed E-state index contributed by atoms with van der Waals surface area (Å²) in [7, 11) is 3.69. The van der Waals surface area contributed by atoms with E-state index < -0.39 is 0 Å². The van der Waals surface area contributed by atoms with E-state index in [2.05, 4.69) is 21.8 Å². The molecular formula is C11H22N4O. The predicted octanol–water partition coefficient (Wildman–Crippen LogP) is 0.0541. The van der Waals surface area contributed by atoms with Crippen LogP contribution in [0.15, 0.2) is 6.07 Å². The molecule has 0 aliphatic heterocycles. The fourth-order valence-corrected chi connectivity index (χ4v) is 1.52. The second-order valence-electron chi connectivity index (χ2n) is 3.82. The molecule has 92 valence electrons. The lowest BCUT2D eigenvalue weighted by molar-refractivity contribution is 0.199. The van der Waals surface area contributed by atoms with Crippen molar-refractivity contribution in [1.82, 2.24) is 20.4 Å². The van der Waals surface area contributed by atoms with E-state index in [0.717, 1.165) is 38.5 Å². The van der Waals surface area contributed by atoms with Gasteiger partial charge in [-0.05, 0) is 13.0 Å². The van der Waals surface area contributed by atoms with Crippen molar-refractivity contribution in [3.63, 3.8) is 0 Å². The Bertz CT molecular complexity index is 298. The van der Waals surface area contributed by atoms with Crippen molar-refractivity contribution in [3.05, 3.63) is 17.5 Å². The van der Waals surface area contributed by atoms with Crippen LogP contribution >= 0.6 is 0 Å². The summed E-state index contributed by atoms with van der Waals surface area (Å²) < 4.78 is 6.86. The normalized spacial score (nSPS) is 10.9. The molecule has 0 radical (unpaired) electrons. The summed E-state index contributed by atoms with van der Waals surface area (Å²) in [6.45, 7) is 6.46. The van der Waals surface area contributed by atoms with Crippen molar-refractivity contribution >= 4 is 0 Å². The van der Waals surface area contributed by atoms with Crippen LogP contribution in [0, 0.1) is 6.92 Å². The zero-order chi connectivity index (χ0) is 11.8. The van der Waals surface area contributed by atoms with Crippen LogP contribution in [-0.4, -0.2) is 43.1 Å².